The van der Waals surface area contributed by atoms with Crippen molar-refractivity contribution in [3.05, 3.63) is 71.4 Å². The van der Waals surface area contributed by atoms with Gasteiger partial charge in [0.05, 0.1) is 11.1 Å². The lowest BCUT2D eigenvalue weighted by atomic mass is 9.92. The van der Waals surface area contributed by atoms with Gasteiger partial charge in [-0.25, -0.2) is 4.98 Å². The number of thioether (sulfide) groups is 1. The molecule has 0 aliphatic heterocycles. The van der Waals surface area contributed by atoms with Crippen LogP contribution in [0.15, 0.2) is 59.6 Å². The van der Waals surface area contributed by atoms with Crippen molar-refractivity contribution in [1.29, 1.82) is 0 Å². The van der Waals surface area contributed by atoms with Crippen molar-refractivity contribution in [1.82, 2.24) is 4.98 Å². The monoisotopic (exact) mass is 377 g/mol. The van der Waals surface area contributed by atoms with Crippen LogP contribution in [0.25, 0.3) is 0 Å². The van der Waals surface area contributed by atoms with Crippen molar-refractivity contribution >= 4 is 25.1 Å². The molecule has 138 valence electrons. The molecular formula is C22H24BNO2S. The van der Waals surface area contributed by atoms with Gasteiger partial charge >= 0.3 is 0 Å². The number of rotatable bonds is 7. The molecule has 3 aromatic rings. The molecule has 0 N–H and O–H groups in total. The van der Waals surface area contributed by atoms with E-state index in [1.165, 1.54) is 5.46 Å². The molecule has 27 heavy (non-hydrogen) atoms. The molecule has 0 aliphatic carbocycles. The Kier molecular flexibility index (Phi) is 6.46. The highest BCUT2D eigenvalue weighted by molar-refractivity contribution is 7.99. The van der Waals surface area contributed by atoms with Gasteiger partial charge < -0.3 is 9.47 Å². The first-order valence-corrected chi connectivity index (χ1v) is 10.1. The van der Waals surface area contributed by atoms with Gasteiger partial charge in [-0.3, -0.25) is 0 Å². The molecule has 0 bridgehead atoms. The Morgan fingerprint density at radius 3 is 2.41 bits per heavy atom. The van der Waals surface area contributed by atoms with Crippen molar-refractivity contribution < 1.29 is 9.47 Å². The number of pyridine rings is 1. The highest BCUT2D eigenvalue weighted by Gasteiger charge is 2.11. The van der Waals surface area contributed by atoms with Crippen LogP contribution >= 0.6 is 11.8 Å². The Hall–Kier alpha value is -2.40. The summed E-state index contributed by atoms with van der Waals surface area (Å²) >= 11 is 1.73. The van der Waals surface area contributed by atoms with Gasteiger partial charge in [-0.15, -0.1) is 11.8 Å². The van der Waals surface area contributed by atoms with E-state index in [0.29, 0.717) is 12.5 Å². The molecule has 3 nitrogen and oxygen atoms in total. The average Bonchev–Trinajstić information content (AvgIpc) is 2.65. The Morgan fingerprint density at radius 2 is 1.74 bits per heavy atom. The number of benzene rings is 2. The molecule has 0 spiro atoms. The largest absolute Gasteiger partial charge is 0.486 e. The van der Waals surface area contributed by atoms with Crippen LogP contribution in [0.1, 0.15) is 23.6 Å². The summed E-state index contributed by atoms with van der Waals surface area (Å²) in [5.74, 6) is 3.20. The van der Waals surface area contributed by atoms with Crippen molar-refractivity contribution in [3.63, 3.8) is 0 Å². The molecule has 1 aromatic heterocycles. The Morgan fingerprint density at radius 1 is 1.04 bits per heavy atom. The van der Waals surface area contributed by atoms with Crippen LogP contribution < -0.4 is 14.9 Å². The molecule has 0 saturated carbocycles. The maximum Gasteiger partial charge on any atom is 0.220 e. The molecule has 2 aromatic carbocycles. The highest BCUT2D eigenvalue weighted by atomic mass is 32.2. The molecule has 0 aliphatic rings. The van der Waals surface area contributed by atoms with Gasteiger partial charge in [0, 0.05) is 6.07 Å². The zero-order valence-electron chi connectivity index (χ0n) is 16.3. The van der Waals surface area contributed by atoms with E-state index in [9.17, 15) is 0 Å². The molecule has 3 rings (SSSR count). The first-order chi connectivity index (χ1) is 13.1. The van der Waals surface area contributed by atoms with E-state index in [1.807, 2.05) is 24.3 Å². The maximum absolute atomic E-state index is 6.12. The van der Waals surface area contributed by atoms with Crippen LogP contribution in [0.5, 0.6) is 17.4 Å². The van der Waals surface area contributed by atoms with Gasteiger partial charge in [-0.2, -0.15) is 0 Å². The van der Waals surface area contributed by atoms with Crippen LogP contribution in [0.4, 0.5) is 0 Å². The Balaban J connectivity index is 1.81. The summed E-state index contributed by atoms with van der Waals surface area (Å²) in [5, 5.41) is 0. The maximum atomic E-state index is 6.12. The third-order valence-electron chi connectivity index (χ3n) is 4.15. The number of nitrogens with zero attached hydrogens (tertiary/aromatic N) is 1. The van der Waals surface area contributed by atoms with Crippen molar-refractivity contribution in [2.45, 2.75) is 32.3 Å². The van der Waals surface area contributed by atoms with Crippen molar-refractivity contribution in [2.75, 3.05) is 5.75 Å². The topological polar surface area (TPSA) is 31.4 Å². The van der Waals surface area contributed by atoms with Gasteiger partial charge in [-0.1, -0.05) is 54.9 Å². The smallest absolute Gasteiger partial charge is 0.220 e. The third-order valence-corrected chi connectivity index (χ3v) is 5.07. The standard InChI is InChI=1S/C22H24BNO2S/c1-4-27-20-12-21(26-22-15(2)10-18(23)11-16(22)3)24-13-19(20)25-14-17-8-6-5-7-9-17/h5-13H,4,14,23H2,1-3H3. The summed E-state index contributed by atoms with van der Waals surface area (Å²) in [6.07, 6.45) is 1.76. The number of aryl methyl sites for hydroxylation is 2. The molecule has 0 unspecified atom stereocenters. The summed E-state index contributed by atoms with van der Waals surface area (Å²) in [6, 6.07) is 16.4. The van der Waals surface area contributed by atoms with E-state index in [-0.39, 0.29) is 0 Å². The lowest BCUT2D eigenvalue weighted by Gasteiger charge is -2.15. The van der Waals surface area contributed by atoms with Crippen molar-refractivity contribution in [3.8, 4) is 17.4 Å². The van der Waals surface area contributed by atoms with Crippen LogP contribution in [0, 0.1) is 13.8 Å². The minimum atomic E-state index is 0.524. The first kappa shape index (κ1) is 19.4. The summed E-state index contributed by atoms with van der Waals surface area (Å²) < 4.78 is 12.1. The average molecular weight is 377 g/mol. The van der Waals surface area contributed by atoms with Crippen LogP contribution in [0.2, 0.25) is 0 Å². The van der Waals surface area contributed by atoms with Crippen LogP contribution in [0.3, 0.4) is 0 Å². The molecule has 0 fully saturated rings. The van der Waals surface area contributed by atoms with Gasteiger partial charge in [0.1, 0.15) is 20.2 Å². The fourth-order valence-electron chi connectivity index (χ4n) is 3.01. The Labute approximate surface area is 166 Å². The molecular weight excluding hydrogens is 353 g/mol. The van der Waals surface area contributed by atoms with Gasteiger partial charge in [0.25, 0.3) is 0 Å². The fraction of sp³-hybridized carbons (Fsp3) is 0.227. The van der Waals surface area contributed by atoms with Crippen LogP contribution in [-0.4, -0.2) is 18.6 Å². The minimum Gasteiger partial charge on any atom is -0.486 e. The highest BCUT2D eigenvalue weighted by Crippen LogP contribution is 2.34. The first-order valence-electron chi connectivity index (χ1n) is 9.12. The number of ether oxygens (including phenoxy) is 2. The predicted molar refractivity (Wildman–Crippen MR) is 116 cm³/mol. The van der Waals surface area contributed by atoms with E-state index < -0.39 is 0 Å². The van der Waals surface area contributed by atoms with E-state index in [4.69, 9.17) is 9.47 Å². The quantitative estimate of drug-likeness (QED) is 0.450. The fourth-order valence-corrected chi connectivity index (χ4v) is 3.76. The lowest BCUT2D eigenvalue weighted by molar-refractivity contribution is 0.296. The number of hydrogen-bond donors (Lipinski definition) is 0. The van der Waals surface area contributed by atoms with Crippen molar-refractivity contribution in [2.24, 2.45) is 0 Å². The third kappa shape index (κ3) is 5.07. The molecule has 0 atom stereocenters. The molecule has 0 radical (unpaired) electrons. The second-order valence-electron chi connectivity index (χ2n) is 6.51. The summed E-state index contributed by atoms with van der Waals surface area (Å²) in [4.78, 5) is 5.52. The van der Waals surface area contributed by atoms with E-state index in [1.54, 1.807) is 18.0 Å². The predicted octanol–water partition coefficient (Wildman–Crippen LogP) is 4.44. The summed E-state index contributed by atoms with van der Waals surface area (Å²) in [6.45, 7) is 6.78. The molecule has 1 heterocycles. The second-order valence-corrected chi connectivity index (χ2v) is 7.81. The zero-order chi connectivity index (χ0) is 19.2. The normalized spacial score (nSPS) is 10.6. The molecule has 5 heteroatoms. The Bertz CT molecular complexity index is 892. The van der Waals surface area contributed by atoms with E-state index in [2.05, 4.69) is 57.9 Å². The summed E-state index contributed by atoms with van der Waals surface area (Å²) in [7, 11) is 2.09. The van der Waals surface area contributed by atoms with Gasteiger partial charge in [0.2, 0.25) is 5.88 Å². The van der Waals surface area contributed by atoms with Crippen LogP contribution in [-0.2, 0) is 6.61 Å². The minimum absolute atomic E-state index is 0.524. The lowest BCUT2D eigenvalue weighted by Crippen LogP contribution is -2.05. The van der Waals surface area contributed by atoms with Gasteiger partial charge in [0.15, 0.2) is 5.75 Å². The molecule has 0 saturated heterocycles. The van der Waals surface area contributed by atoms with E-state index >= 15 is 0 Å². The second kappa shape index (κ2) is 9.00. The SMILES string of the molecule is Bc1cc(C)c(Oc2cc(SCC)c(OCc3ccccc3)cn2)c(C)c1. The van der Waals surface area contributed by atoms with Gasteiger partial charge in [-0.05, 0) is 36.3 Å². The number of hydrogen-bond acceptors (Lipinski definition) is 4. The zero-order valence-corrected chi connectivity index (χ0v) is 17.1. The molecule has 0 amide bonds. The number of aromatic nitrogens is 1. The summed E-state index contributed by atoms with van der Waals surface area (Å²) in [5.41, 5.74) is 4.60. The van der Waals surface area contributed by atoms with E-state index in [0.717, 1.165) is 38.8 Å².